The SMILES string of the molecule is IN1CCN2CCCC[C@H]2C1. The van der Waals surface area contributed by atoms with E-state index in [0.717, 1.165) is 6.04 Å². The van der Waals surface area contributed by atoms with Gasteiger partial charge in [0.25, 0.3) is 0 Å². The van der Waals surface area contributed by atoms with Crippen LogP contribution in [0.15, 0.2) is 0 Å². The van der Waals surface area contributed by atoms with Crippen LogP contribution in [-0.2, 0) is 0 Å². The second kappa shape index (κ2) is 3.58. The van der Waals surface area contributed by atoms with Gasteiger partial charge in [0.05, 0.1) is 0 Å². The van der Waals surface area contributed by atoms with Crippen molar-refractivity contribution < 1.29 is 0 Å². The van der Waals surface area contributed by atoms with Gasteiger partial charge in [0.15, 0.2) is 0 Å². The Balaban J connectivity index is 1.93. The van der Waals surface area contributed by atoms with Crippen molar-refractivity contribution in [2.45, 2.75) is 25.3 Å². The minimum atomic E-state index is 0.884. The maximum Gasteiger partial charge on any atom is 0.0238 e. The van der Waals surface area contributed by atoms with Crippen LogP contribution in [0.4, 0.5) is 0 Å². The summed E-state index contributed by atoms with van der Waals surface area (Å²) in [4.78, 5) is 2.67. The second-order valence-corrected chi connectivity index (χ2v) is 4.92. The van der Waals surface area contributed by atoms with Gasteiger partial charge in [-0.2, -0.15) is 0 Å². The van der Waals surface area contributed by atoms with Gasteiger partial charge in [-0.1, -0.05) is 6.42 Å². The molecule has 0 spiro atoms. The number of halogens is 1. The fraction of sp³-hybridized carbons (Fsp3) is 1.00. The highest BCUT2D eigenvalue weighted by atomic mass is 127. The lowest BCUT2D eigenvalue weighted by atomic mass is 10.0. The number of hydrogen-bond acceptors (Lipinski definition) is 2. The van der Waals surface area contributed by atoms with Crippen molar-refractivity contribution >= 4 is 22.9 Å². The smallest absolute Gasteiger partial charge is 0.0238 e. The Labute approximate surface area is 82.4 Å². The molecule has 11 heavy (non-hydrogen) atoms. The first-order chi connectivity index (χ1) is 5.36. The molecule has 0 amide bonds. The van der Waals surface area contributed by atoms with Gasteiger partial charge in [-0.05, 0) is 19.4 Å². The lowest BCUT2D eigenvalue weighted by Gasteiger charge is -2.41. The van der Waals surface area contributed by atoms with E-state index < -0.39 is 0 Å². The lowest BCUT2D eigenvalue weighted by Crippen LogP contribution is -2.51. The average molecular weight is 266 g/mol. The largest absolute Gasteiger partial charge is 0.298 e. The van der Waals surface area contributed by atoms with Gasteiger partial charge in [0.2, 0.25) is 0 Å². The maximum atomic E-state index is 2.67. The van der Waals surface area contributed by atoms with Gasteiger partial charge < -0.3 is 0 Å². The first-order valence-electron chi connectivity index (χ1n) is 4.51. The molecule has 2 fully saturated rings. The maximum absolute atomic E-state index is 2.67. The standard InChI is InChI=1S/C8H15IN2/c9-11-6-5-10-4-2-1-3-8(10)7-11/h8H,1-7H2/t8-/m0/s1. The summed E-state index contributed by atoms with van der Waals surface area (Å²) >= 11 is 2.45. The molecule has 0 aliphatic carbocycles. The van der Waals surface area contributed by atoms with Crippen LogP contribution in [-0.4, -0.2) is 40.2 Å². The molecular formula is C8H15IN2. The zero-order valence-corrected chi connectivity index (χ0v) is 8.96. The van der Waals surface area contributed by atoms with Crippen molar-refractivity contribution in [1.29, 1.82) is 0 Å². The van der Waals surface area contributed by atoms with E-state index in [0.29, 0.717) is 0 Å². The average Bonchev–Trinajstić information content (AvgIpc) is 2.04. The third-order valence-corrected chi connectivity index (χ3v) is 3.66. The minimum Gasteiger partial charge on any atom is -0.298 e. The van der Waals surface area contributed by atoms with Gasteiger partial charge in [-0.15, -0.1) is 0 Å². The van der Waals surface area contributed by atoms with Crippen molar-refractivity contribution in [1.82, 2.24) is 8.01 Å². The van der Waals surface area contributed by atoms with E-state index in [2.05, 4.69) is 30.9 Å². The fourth-order valence-corrected chi connectivity index (χ4v) is 2.79. The molecule has 2 nitrogen and oxygen atoms in total. The third kappa shape index (κ3) is 1.87. The first kappa shape index (κ1) is 8.26. The predicted octanol–water partition coefficient (Wildman–Crippen LogP) is 1.51. The summed E-state index contributed by atoms with van der Waals surface area (Å²) in [6.45, 7) is 5.21. The molecule has 1 atom stereocenters. The van der Waals surface area contributed by atoms with Gasteiger partial charge in [0.1, 0.15) is 0 Å². The van der Waals surface area contributed by atoms with Crippen molar-refractivity contribution in [2.75, 3.05) is 26.2 Å². The highest BCUT2D eigenvalue weighted by Crippen LogP contribution is 2.22. The van der Waals surface area contributed by atoms with E-state index in [1.54, 1.807) is 0 Å². The number of rotatable bonds is 0. The Bertz CT molecular complexity index is 140. The second-order valence-electron chi connectivity index (χ2n) is 3.55. The normalized spacial score (nSPS) is 35.2. The number of piperazine rings is 1. The molecule has 3 heteroatoms. The third-order valence-electron chi connectivity index (χ3n) is 2.79. The molecule has 0 aromatic rings. The summed E-state index contributed by atoms with van der Waals surface area (Å²) in [5, 5.41) is 0. The minimum absolute atomic E-state index is 0.884. The number of hydrogen-bond donors (Lipinski definition) is 0. The van der Waals surface area contributed by atoms with Crippen molar-refractivity contribution in [2.24, 2.45) is 0 Å². The van der Waals surface area contributed by atoms with Crippen LogP contribution in [0.1, 0.15) is 19.3 Å². The summed E-state index contributed by atoms with van der Waals surface area (Å²) < 4.78 is 2.43. The van der Waals surface area contributed by atoms with Crippen LogP contribution in [0.3, 0.4) is 0 Å². The van der Waals surface area contributed by atoms with Crippen LogP contribution >= 0.6 is 22.9 Å². The molecule has 0 unspecified atom stereocenters. The van der Waals surface area contributed by atoms with E-state index in [1.165, 1.54) is 45.4 Å². The Morgan fingerprint density at radius 3 is 2.91 bits per heavy atom. The van der Waals surface area contributed by atoms with Crippen molar-refractivity contribution in [3.63, 3.8) is 0 Å². The number of fused-ring (bicyclic) bond motifs is 1. The van der Waals surface area contributed by atoms with Gasteiger partial charge in [-0.3, -0.25) is 4.90 Å². The van der Waals surface area contributed by atoms with Crippen LogP contribution in [0.25, 0.3) is 0 Å². The quantitative estimate of drug-likeness (QED) is 0.484. The number of nitrogens with zero attached hydrogens (tertiary/aromatic N) is 2. The molecule has 0 radical (unpaired) electrons. The first-order valence-corrected chi connectivity index (χ1v) is 5.47. The van der Waals surface area contributed by atoms with Crippen LogP contribution in [0, 0.1) is 0 Å². The molecular weight excluding hydrogens is 251 g/mol. The van der Waals surface area contributed by atoms with E-state index in [4.69, 9.17) is 0 Å². The molecule has 0 aromatic heterocycles. The predicted molar refractivity (Wildman–Crippen MR) is 54.8 cm³/mol. The highest BCUT2D eigenvalue weighted by Gasteiger charge is 2.27. The molecule has 0 saturated carbocycles. The summed E-state index contributed by atoms with van der Waals surface area (Å²) in [6.07, 6.45) is 4.31. The van der Waals surface area contributed by atoms with Gasteiger partial charge >= 0.3 is 0 Å². The Morgan fingerprint density at radius 2 is 2.00 bits per heavy atom. The molecule has 2 rings (SSSR count). The molecule has 2 saturated heterocycles. The van der Waals surface area contributed by atoms with Gasteiger partial charge in [-0.25, -0.2) is 3.11 Å². The fourth-order valence-electron chi connectivity index (χ4n) is 2.12. The molecule has 0 N–H and O–H groups in total. The lowest BCUT2D eigenvalue weighted by molar-refractivity contribution is 0.0957. The Kier molecular flexibility index (Phi) is 2.69. The topological polar surface area (TPSA) is 6.48 Å². The van der Waals surface area contributed by atoms with E-state index in [9.17, 15) is 0 Å². The zero-order chi connectivity index (χ0) is 7.68. The Hall–Kier alpha value is 0.650. The highest BCUT2D eigenvalue weighted by molar-refractivity contribution is 14.1. The van der Waals surface area contributed by atoms with Crippen molar-refractivity contribution in [3.05, 3.63) is 0 Å². The molecule has 2 aliphatic heterocycles. The molecule has 0 aromatic carbocycles. The van der Waals surface area contributed by atoms with E-state index in [-0.39, 0.29) is 0 Å². The molecule has 64 valence electrons. The van der Waals surface area contributed by atoms with Crippen molar-refractivity contribution in [3.8, 4) is 0 Å². The van der Waals surface area contributed by atoms with Crippen LogP contribution in [0.2, 0.25) is 0 Å². The zero-order valence-electron chi connectivity index (χ0n) is 6.80. The monoisotopic (exact) mass is 266 g/mol. The van der Waals surface area contributed by atoms with Crippen LogP contribution in [0.5, 0.6) is 0 Å². The van der Waals surface area contributed by atoms with Gasteiger partial charge in [0, 0.05) is 48.5 Å². The summed E-state index contributed by atoms with van der Waals surface area (Å²) in [7, 11) is 0. The summed E-state index contributed by atoms with van der Waals surface area (Å²) in [5.74, 6) is 0. The summed E-state index contributed by atoms with van der Waals surface area (Å²) in [5.41, 5.74) is 0. The van der Waals surface area contributed by atoms with E-state index >= 15 is 0 Å². The molecule has 0 bridgehead atoms. The van der Waals surface area contributed by atoms with E-state index in [1.807, 2.05) is 0 Å². The molecule has 2 heterocycles. The Morgan fingerprint density at radius 1 is 1.09 bits per heavy atom. The molecule has 2 aliphatic rings. The summed E-state index contributed by atoms with van der Waals surface area (Å²) in [6, 6.07) is 0.884. The number of piperidine rings is 1. The van der Waals surface area contributed by atoms with Crippen LogP contribution < -0.4 is 0 Å².